The van der Waals surface area contributed by atoms with Crippen LogP contribution in [-0.4, -0.2) is 58.3 Å². The van der Waals surface area contributed by atoms with Crippen LogP contribution in [0.5, 0.6) is 5.75 Å². The highest BCUT2D eigenvalue weighted by atomic mass is 16.5. The first kappa shape index (κ1) is 27.8. The fourth-order valence-corrected chi connectivity index (χ4v) is 6.50. The highest BCUT2D eigenvalue weighted by Gasteiger charge is 2.59. The SMILES string of the molecule is CCCC1=C2[C@@H](CC/C(=C/c3cccc(O)c3)c3ccccn3)OB(O)C[C@@H]2[C@@H]2C(=O)N(C(=O)OC)C(=O)[C@@H]2C1. The molecule has 2 fully saturated rings. The second-order valence-electron chi connectivity index (χ2n) is 10.6. The Morgan fingerprint density at radius 1 is 1.20 bits per heavy atom. The van der Waals surface area contributed by atoms with Gasteiger partial charge in [0.2, 0.25) is 11.8 Å². The minimum Gasteiger partial charge on any atom is -0.508 e. The maximum absolute atomic E-state index is 13.4. The van der Waals surface area contributed by atoms with Crippen LogP contribution in [-0.2, 0) is 19.0 Å². The summed E-state index contributed by atoms with van der Waals surface area (Å²) in [5.41, 5.74) is 4.58. The molecule has 0 spiro atoms. The second kappa shape index (κ2) is 11.8. The molecule has 2 aromatic rings. The number of aromatic nitrogens is 1. The lowest BCUT2D eigenvalue weighted by molar-refractivity contribution is -0.137. The monoisotopic (exact) mass is 544 g/mol. The van der Waals surface area contributed by atoms with Gasteiger partial charge in [-0.3, -0.25) is 14.6 Å². The minimum atomic E-state index is -1.11. The van der Waals surface area contributed by atoms with Crippen LogP contribution in [0.3, 0.4) is 0 Å². The van der Waals surface area contributed by atoms with Crippen molar-refractivity contribution < 1.29 is 33.9 Å². The molecule has 0 saturated carbocycles. The number of pyridine rings is 1. The molecule has 0 radical (unpaired) electrons. The van der Waals surface area contributed by atoms with Gasteiger partial charge >= 0.3 is 13.2 Å². The van der Waals surface area contributed by atoms with Crippen LogP contribution < -0.4 is 0 Å². The number of benzene rings is 1. The number of aromatic hydroxyl groups is 1. The van der Waals surface area contributed by atoms with Gasteiger partial charge in [0.15, 0.2) is 0 Å². The Balaban J connectivity index is 1.48. The number of methoxy groups -OCH3 is 1. The van der Waals surface area contributed by atoms with E-state index in [2.05, 4.69) is 11.9 Å². The number of carbonyl (C=O) groups is 3. The summed E-state index contributed by atoms with van der Waals surface area (Å²) in [6, 6.07) is 12.7. The average Bonchev–Trinajstić information content (AvgIpc) is 3.20. The Morgan fingerprint density at radius 3 is 2.73 bits per heavy atom. The van der Waals surface area contributed by atoms with Crippen molar-refractivity contribution in [3.63, 3.8) is 0 Å². The Hall–Kier alpha value is -3.76. The van der Waals surface area contributed by atoms with Crippen LogP contribution in [0.1, 0.15) is 50.3 Å². The van der Waals surface area contributed by atoms with Crippen molar-refractivity contribution in [2.45, 2.75) is 51.5 Å². The molecule has 1 aromatic carbocycles. The molecule has 2 N–H and O–H groups in total. The molecule has 208 valence electrons. The number of fused-ring (bicyclic) bond motifs is 3. The number of phenols is 1. The van der Waals surface area contributed by atoms with Crippen molar-refractivity contribution in [3.8, 4) is 5.75 Å². The lowest BCUT2D eigenvalue weighted by Gasteiger charge is -2.43. The number of carbonyl (C=O) groups excluding carboxylic acids is 3. The predicted molar refractivity (Wildman–Crippen MR) is 148 cm³/mol. The molecule has 3 heterocycles. The topological polar surface area (TPSA) is 126 Å². The van der Waals surface area contributed by atoms with Crippen LogP contribution in [0.2, 0.25) is 6.32 Å². The number of allylic oxidation sites excluding steroid dienone is 2. The second-order valence-corrected chi connectivity index (χ2v) is 10.6. The van der Waals surface area contributed by atoms with E-state index < -0.39 is 48.9 Å². The van der Waals surface area contributed by atoms with Gasteiger partial charge in [0.25, 0.3) is 0 Å². The summed E-state index contributed by atoms with van der Waals surface area (Å²) in [4.78, 5) is 44.0. The Kier molecular flexibility index (Phi) is 8.18. The van der Waals surface area contributed by atoms with E-state index in [1.54, 1.807) is 24.4 Å². The van der Waals surface area contributed by atoms with Gasteiger partial charge in [-0.2, -0.15) is 4.90 Å². The van der Waals surface area contributed by atoms with Crippen LogP contribution >= 0.6 is 0 Å². The van der Waals surface area contributed by atoms with Gasteiger partial charge in [-0.1, -0.05) is 37.1 Å². The number of rotatable bonds is 7. The summed E-state index contributed by atoms with van der Waals surface area (Å²) in [7, 11) is 0.0400. The molecule has 4 atom stereocenters. The average molecular weight is 544 g/mol. The fourth-order valence-electron chi connectivity index (χ4n) is 6.50. The van der Waals surface area contributed by atoms with Gasteiger partial charge < -0.3 is 19.5 Å². The van der Waals surface area contributed by atoms with Crippen LogP contribution in [0.15, 0.2) is 59.8 Å². The van der Waals surface area contributed by atoms with Gasteiger partial charge in [0, 0.05) is 6.20 Å². The molecule has 0 unspecified atom stereocenters. The first-order valence-corrected chi connectivity index (χ1v) is 13.7. The number of amides is 3. The normalized spacial score (nSPS) is 24.7. The number of likely N-dealkylation sites (tertiary alicyclic amines) is 1. The molecule has 1 aromatic heterocycles. The Morgan fingerprint density at radius 2 is 2.02 bits per heavy atom. The highest BCUT2D eigenvalue weighted by Crippen LogP contribution is 2.51. The molecular formula is C30H33BN2O7. The summed E-state index contributed by atoms with van der Waals surface area (Å²) in [6.07, 6.45) is 5.46. The zero-order valence-corrected chi connectivity index (χ0v) is 22.7. The quantitative estimate of drug-likeness (QED) is 0.297. The van der Waals surface area contributed by atoms with Crippen LogP contribution in [0.25, 0.3) is 11.6 Å². The summed E-state index contributed by atoms with van der Waals surface area (Å²) in [5.74, 6) is -2.72. The maximum Gasteiger partial charge on any atom is 0.455 e. The largest absolute Gasteiger partial charge is 0.508 e. The molecule has 5 rings (SSSR count). The third-order valence-corrected chi connectivity index (χ3v) is 8.10. The van der Waals surface area contributed by atoms with E-state index in [0.29, 0.717) is 24.2 Å². The van der Waals surface area contributed by atoms with Gasteiger partial charge in [0.05, 0.1) is 30.7 Å². The van der Waals surface area contributed by atoms with E-state index in [4.69, 9.17) is 9.39 Å². The van der Waals surface area contributed by atoms with E-state index in [1.165, 1.54) is 0 Å². The zero-order chi connectivity index (χ0) is 28.4. The predicted octanol–water partition coefficient (Wildman–Crippen LogP) is 4.47. The van der Waals surface area contributed by atoms with Gasteiger partial charge in [-0.15, -0.1) is 0 Å². The highest BCUT2D eigenvalue weighted by molar-refractivity contribution is 6.43. The zero-order valence-electron chi connectivity index (χ0n) is 22.7. The number of imide groups is 3. The van der Waals surface area contributed by atoms with Crippen molar-refractivity contribution in [3.05, 3.63) is 71.1 Å². The summed E-state index contributed by atoms with van der Waals surface area (Å²) < 4.78 is 10.8. The lowest BCUT2D eigenvalue weighted by Crippen LogP contribution is -2.46. The molecular weight excluding hydrogens is 511 g/mol. The lowest BCUT2D eigenvalue weighted by atomic mass is 9.58. The molecule has 2 aliphatic heterocycles. The van der Waals surface area contributed by atoms with Gasteiger partial charge in [-0.05, 0) is 85.0 Å². The van der Waals surface area contributed by atoms with Gasteiger partial charge in [-0.25, -0.2) is 4.79 Å². The summed E-state index contributed by atoms with van der Waals surface area (Å²) >= 11 is 0. The third kappa shape index (κ3) is 5.33. The number of ether oxygens (including phenoxy) is 1. The van der Waals surface area contributed by atoms with E-state index in [0.717, 1.165) is 47.9 Å². The Labute approximate surface area is 233 Å². The first-order valence-electron chi connectivity index (χ1n) is 13.7. The van der Waals surface area contributed by atoms with E-state index in [-0.39, 0.29) is 12.1 Å². The summed E-state index contributed by atoms with van der Waals surface area (Å²) in [5, 5.41) is 20.7. The van der Waals surface area contributed by atoms with Crippen molar-refractivity contribution in [2.24, 2.45) is 17.8 Å². The van der Waals surface area contributed by atoms with Crippen molar-refractivity contribution >= 4 is 36.7 Å². The molecule has 3 aliphatic rings. The van der Waals surface area contributed by atoms with E-state index in [9.17, 15) is 24.5 Å². The minimum absolute atomic E-state index is 0.165. The van der Waals surface area contributed by atoms with E-state index >= 15 is 0 Å². The number of phenolic OH excluding ortho intramolecular Hbond substituents is 1. The standard InChI is InChI=1S/C30H33BN2O7/c1-3-7-20-16-22-27(29(36)33(28(22)35)30(37)39-2)23-17-31(38)40-25(26(20)23)12-11-19(24-10-4-5-13-32-24)14-18-8-6-9-21(34)15-18/h4-6,8-10,13-15,22-23,25,27,34,38H,3,7,11-12,16-17H2,1-2H3/b19-14-/t22-,23+,25-,27-/m1/s1. The Bertz CT molecular complexity index is 1360. The van der Waals surface area contributed by atoms with Gasteiger partial charge in [0.1, 0.15) is 5.75 Å². The smallest absolute Gasteiger partial charge is 0.455 e. The molecule has 2 saturated heterocycles. The number of hydrogen-bond acceptors (Lipinski definition) is 8. The fraction of sp³-hybridized carbons (Fsp3) is 0.400. The molecule has 40 heavy (non-hydrogen) atoms. The van der Waals surface area contributed by atoms with Crippen molar-refractivity contribution in [2.75, 3.05) is 7.11 Å². The van der Waals surface area contributed by atoms with E-state index in [1.807, 2.05) is 30.3 Å². The summed E-state index contributed by atoms with van der Waals surface area (Å²) in [6.45, 7) is 2.06. The number of nitrogens with zero attached hydrogens (tertiary/aromatic N) is 2. The molecule has 9 nitrogen and oxygen atoms in total. The molecule has 3 amide bonds. The number of hydrogen-bond donors (Lipinski definition) is 2. The molecule has 10 heteroatoms. The molecule has 1 aliphatic carbocycles. The van der Waals surface area contributed by atoms with Crippen LogP contribution in [0, 0.1) is 17.8 Å². The maximum atomic E-state index is 13.4. The molecule has 0 bridgehead atoms. The first-order chi connectivity index (χ1) is 19.3. The third-order valence-electron chi connectivity index (χ3n) is 8.10. The van der Waals surface area contributed by atoms with Crippen molar-refractivity contribution in [1.29, 1.82) is 0 Å². The van der Waals surface area contributed by atoms with Crippen molar-refractivity contribution in [1.82, 2.24) is 9.88 Å². The van der Waals surface area contributed by atoms with Crippen LogP contribution in [0.4, 0.5) is 4.79 Å².